The normalized spacial score (nSPS) is 18.4. The van der Waals surface area contributed by atoms with Gasteiger partial charge in [-0.15, -0.1) is 0 Å². The van der Waals surface area contributed by atoms with E-state index >= 15 is 0 Å². The zero-order chi connectivity index (χ0) is 17.8. The average molecular weight is 365 g/mol. The van der Waals surface area contributed by atoms with Crippen LogP contribution in [-0.2, 0) is 19.8 Å². The predicted molar refractivity (Wildman–Crippen MR) is 87.1 cm³/mol. The number of alkyl halides is 3. The first kappa shape index (κ1) is 19.3. The van der Waals surface area contributed by atoms with E-state index in [1.807, 2.05) is 0 Å². The molecule has 0 spiro atoms. The standard InChI is InChI=1S/C16H23F3NO3P/c1-22-24(21,23-2)15(12-8-4-3-5-9-12)20-14-11-7-6-10-13(14)16(17,18)19/h6-7,10-12,15,20H,3-5,8-9H2,1-2H3. The smallest absolute Gasteiger partial charge is 0.371 e. The Kier molecular flexibility index (Phi) is 6.34. The molecule has 0 bridgehead atoms. The first-order valence-corrected chi connectivity index (χ1v) is 9.57. The maximum Gasteiger partial charge on any atom is 0.418 e. The zero-order valence-electron chi connectivity index (χ0n) is 13.8. The Balaban J connectivity index is 2.37. The number of nitrogens with one attached hydrogen (secondary N) is 1. The molecule has 1 aliphatic rings. The number of hydrogen-bond donors (Lipinski definition) is 1. The molecule has 0 heterocycles. The van der Waals surface area contributed by atoms with E-state index in [9.17, 15) is 17.7 Å². The number of halogens is 3. The molecule has 1 unspecified atom stereocenters. The summed E-state index contributed by atoms with van der Waals surface area (Å²) >= 11 is 0. The third kappa shape index (κ3) is 4.32. The summed E-state index contributed by atoms with van der Waals surface area (Å²) in [5.41, 5.74) is -0.889. The average Bonchev–Trinajstić information content (AvgIpc) is 2.59. The molecule has 4 nitrogen and oxygen atoms in total. The van der Waals surface area contributed by atoms with Crippen molar-refractivity contribution >= 4 is 13.3 Å². The van der Waals surface area contributed by atoms with E-state index in [1.54, 1.807) is 0 Å². The highest BCUT2D eigenvalue weighted by molar-refractivity contribution is 7.54. The Hall–Kier alpha value is -1.04. The minimum atomic E-state index is -4.50. The Morgan fingerprint density at radius 3 is 2.25 bits per heavy atom. The van der Waals surface area contributed by atoms with Gasteiger partial charge in [-0.2, -0.15) is 13.2 Å². The van der Waals surface area contributed by atoms with Crippen LogP contribution in [0.2, 0.25) is 0 Å². The molecule has 1 aliphatic carbocycles. The lowest BCUT2D eigenvalue weighted by Gasteiger charge is -2.35. The second kappa shape index (κ2) is 7.89. The van der Waals surface area contributed by atoms with Crippen molar-refractivity contribution < 1.29 is 26.8 Å². The van der Waals surface area contributed by atoms with Gasteiger partial charge in [0.15, 0.2) is 0 Å². The van der Waals surface area contributed by atoms with Gasteiger partial charge in [-0.1, -0.05) is 31.4 Å². The van der Waals surface area contributed by atoms with Gasteiger partial charge in [-0.3, -0.25) is 4.57 Å². The van der Waals surface area contributed by atoms with Crippen molar-refractivity contribution in [3.8, 4) is 0 Å². The summed E-state index contributed by atoms with van der Waals surface area (Å²) in [7, 11) is -1.05. The predicted octanol–water partition coefficient (Wildman–Crippen LogP) is 5.51. The molecule has 1 atom stereocenters. The Morgan fingerprint density at radius 2 is 1.71 bits per heavy atom. The summed E-state index contributed by atoms with van der Waals surface area (Å²) in [4.78, 5) is 0. The minimum absolute atomic E-state index is 0.0641. The number of rotatable bonds is 6. The van der Waals surface area contributed by atoms with Crippen LogP contribution in [0.5, 0.6) is 0 Å². The topological polar surface area (TPSA) is 47.6 Å². The maximum atomic E-state index is 13.2. The van der Waals surface area contributed by atoms with Gasteiger partial charge < -0.3 is 14.4 Å². The second-order valence-corrected chi connectivity index (χ2v) is 8.30. The molecule has 1 aromatic rings. The van der Waals surface area contributed by atoms with Crippen LogP contribution in [0.3, 0.4) is 0 Å². The molecule has 8 heteroatoms. The van der Waals surface area contributed by atoms with Gasteiger partial charge in [0, 0.05) is 19.9 Å². The highest BCUT2D eigenvalue weighted by Crippen LogP contribution is 2.56. The lowest BCUT2D eigenvalue weighted by atomic mass is 9.89. The summed E-state index contributed by atoms with van der Waals surface area (Å²) in [6.45, 7) is 0. The van der Waals surface area contributed by atoms with Crippen LogP contribution in [0.1, 0.15) is 37.7 Å². The Bertz CT molecular complexity index is 580. The summed E-state index contributed by atoms with van der Waals surface area (Å²) < 4.78 is 62.8. The van der Waals surface area contributed by atoms with Crippen LogP contribution in [0.15, 0.2) is 24.3 Å². The number of para-hydroxylation sites is 1. The first-order valence-electron chi connectivity index (χ1n) is 7.96. The molecular weight excluding hydrogens is 342 g/mol. The van der Waals surface area contributed by atoms with Crippen LogP contribution in [0.4, 0.5) is 18.9 Å². The summed E-state index contributed by atoms with van der Waals surface area (Å²) in [6.07, 6.45) is 0.0526. The number of benzene rings is 1. The van der Waals surface area contributed by atoms with Crippen LogP contribution < -0.4 is 5.32 Å². The van der Waals surface area contributed by atoms with Crippen molar-refractivity contribution in [3.05, 3.63) is 29.8 Å². The van der Waals surface area contributed by atoms with Gasteiger partial charge in [-0.05, 0) is 30.9 Å². The highest BCUT2D eigenvalue weighted by Gasteiger charge is 2.42. The highest BCUT2D eigenvalue weighted by atomic mass is 31.2. The van der Waals surface area contributed by atoms with E-state index in [-0.39, 0.29) is 11.6 Å². The first-order chi connectivity index (χ1) is 11.3. The van der Waals surface area contributed by atoms with Gasteiger partial charge >= 0.3 is 13.8 Å². The largest absolute Gasteiger partial charge is 0.418 e. The van der Waals surface area contributed by atoms with Gasteiger partial charge in [0.2, 0.25) is 0 Å². The van der Waals surface area contributed by atoms with Crippen molar-refractivity contribution in [3.63, 3.8) is 0 Å². The molecule has 1 N–H and O–H groups in total. The van der Waals surface area contributed by atoms with E-state index in [0.29, 0.717) is 0 Å². The maximum absolute atomic E-state index is 13.2. The molecule has 1 saturated carbocycles. The van der Waals surface area contributed by atoms with E-state index in [1.165, 1.54) is 32.4 Å². The summed E-state index contributed by atoms with van der Waals surface area (Å²) in [5, 5.41) is 2.83. The van der Waals surface area contributed by atoms with Crippen molar-refractivity contribution in [1.29, 1.82) is 0 Å². The van der Waals surface area contributed by atoms with Crippen molar-refractivity contribution in [2.75, 3.05) is 19.5 Å². The molecule has 0 saturated heterocycles. The van der Waals surface area contributed by atoms with E-state index in [2.05, 4.69) is 5.32 Å². The molecular formula is C16H23F3NO3P. The molecule has 136 valence electrons. The molecule has 0 amide bonds. The fourth-order valence-electron chi connectivity index (χ4n) is 3.22. The SMILES string of the molecule is COP(=O)(OC)C(Nc1ccccc1C(F)(F)F)C1CCCCC1. The minimum Gasteiger partial charge on any atom is -0.371 e. The molecule has 2 rings (SSSR count). The Labute approximate surface area is 140 Å². The lowest BCUT2D eigenvalue weighted by molar-refractivity contribution is -0.137. The molecule has 0 aliphatic heterocycles. The molecule has 0 radical (unpaired) electrons. The van der Waals surface area contributed by atoms with Gasteiger partial charge in [0.05, 0.1) is 5.56 Å². The Morgan fingerprint density at radius 1 is 1.12 bits per heavy atom. The van der Waals surface area contributed by atoms with Crippen molar-refractivity contribution in [2.24, 2.45) is 5.92 Å². The van der Waals surface area contributed by atoms with Gasteiger partial charge in [0.25, 0.3) is 0 Å². The number of hydrogen-bond acceptors (Lipinski definition) is 4. The molecule has 0 aromatic heterocycles. The van der Waals surface area contributed by atoms with Gasteiger partial charge in [-0.25, -0.2) is 0 Å². The van der Waals surface area contributed by atoms with Crippen molar-refractivity contribution in [1.82, 2.24) is 0 Å². The van der Waals surface area contributed by atoms with Crippen LogP contribution >= 0.6 is 7.60 Å². The van der Waals surface area contributed by atoms with E-state index in [4.69, 9.17) is 9.05 Å². The number of anilines is 1. The van der Waals surface area contributed by atoms with Crippen LogP contribution in [-0.4, -0.2) is 20.0 Å². The van der Waals surface area contributed by atoms with Crippen LogP contribution in [0.25, 0.3) is 0 Å². The third-order valence-corrected chi connectivity index (χ3v) is 6.73. The molecule has 24 heavy (non-hydrogen) atoms. The fraction of sp³-hybridized carbons (Fsp3) is 0.625. The molecule has 1 fully saturated rings. The van der Waals surface area contributed by atoms with E-state index in [0.717, 1.165) is 38.2 Å². The quantitative estimate of drug-likeness (QED) is 0.676. The third-order valence-electron chi connectivity index (χ3n) is 4.48. The molecule has 1 aromatic carbocycles. The zero-order valence-corrected chi connectivity index (χ0v) is 14.7. The van der Waals surface area contributed by atoms with Gasteiger partial charge in [0.1, 0.15) is 5.78 Å². The summed E-state index contributed by atoms with van der Waals surface area (Å²) in [5.74, 6) is -0.873. The fourth-order valence-corrected chi connectivity index (χ4v) is 4.94. The second-order valence-electron chi connectivity index (χ2n) is 5.94. The monoisotopic (exact) mass is 365 g/mol. The summed E-state index contributed by atoms with van der Waals surface area (Å²) in [6, 6.07) is 5.19. The lowest BCUT2D eigenvalue weighted by Crippen LogP contribution is -2.32. The van der Waals surface area contributed by atoms with Crippen LogP contribution in [0, 0.1) is 5.92 Å². The van der Waals surface area contributed by atoms with Crippen molar-refractivity contribution in [2.45, 2.75) is 44.1 Å². The van der Waals surface area contributed by atoms with E-state index < -0.39 is 25.1 Å².